The number of hydrogen-bond donors (Lipinski definition) is 3. The van der Waals surface area contributed by atoms with E-state index in [2.05, 4.69) is 10.6 Å². The maximum absolute atomic E-state index is 13.9. The Hall–Kier alpha value is -3.60. The van der Waals surface area contributed by atoms with Gasteiger partial charge in [-0.2, -0.15) is 0 Å². The van der Waals surface area contributed by atoms with Crippen molar-refractivity contribution in [2.45, 2.75) is 56.7 Å². The Labute approximate surface area is 231 Å². The molecule has 0 saturated carbocycles. The second-order valence-electron chi connectivity index (χ2n) is 10.5. The topological polar surface area (TPSA) is 104 Å². The summed E-state index contributed by atoms with van der Waals surface area (Å²) in [6.07, 6.45) is 0.835. The van der Waals surface area contributed by atoms with Gasteiger partial charge in [-0.05, 0) is 48.2 Å². The summed E-state index contributed by atoms with van der Waals surface area (Å²) in [6.45, 7) is 1.42. The van der Waals surface area contributed by atoms with E-state index in [1.54, 1.807) is 17.0 Å². The second kappa shape index (κ2) is 12.7. The van der Waals surface area contributed by atoms with Gasteiger partial charge in [0.1, 0.15) is 17.4 Å². The highest BCUT2D eigenvalue weighted by Crippen LogP contribution is 2.23. The Morgan fingerprint density at radius 1 is 1.12 bits per heavy atom. The van der Waals surface area contributed by atoms with Gasteiger partial charge in [-0.25, -0.2) is 8.78 Å². The number of nitrogens with one attached hydrogen (secondary N) is 2. The number of amides is 2. The monoisotopic (exact) mass is 553 g/mol. The largest absolute Gasteiger partial charge is 0.467 e. The first kappa shape index (κ1) is 27.9. The van der Waals surface area contributed by atoms with E-state index in [1.807, 2.05) is 30.3 Å². The lowest BCUT2D eigenvalue weighted by atomic mass is 9.94. The van der Waals surface area contributed by atoms with Crippen LogP contribution in [0, 0.1) is 17.6 Å². The number of benzene rings is 2. The summed E-state index contributed by atoms with van der Waals surface area (Å²) in [5.74, 6) is -2.05. The van der Waals surface area contributed by atoms with E-state index in [1.165, 1.54) is 18.4 Å². The lowest BCUT2D eigenvalue weighted by Crippen LogP contribution is -2.53. The van der Waals surface area contributed by atoms with Gasteiger partial charge in [0.05, 0.1) is 43.6 Å². The van der Waals surface area contributed by atoms with Crippen LogP contribution in [0.5, 0.6) is 0 Å². The van der Waals surface area contributed by atoms with Crippen molar-refractivity contribution >= 4 is 11.8 Å². The number of likely N-dealkylation sites (tertiary alicyclic amines) is 1. The number of rotatable bonds is 11. The molecular weight excluding hydrogens is 520 g/mol. The van der Waals surface area contributed by atoms with E-state index in [0.717, 1.165) is 11.6 Å². The third kappa shape index (κ3) is 7.12. The van der Waals surface area contributed by atoms with E-state index in [4.69, 9.17) is 9.15 Å². The average molecular weight is 554 g/mol. The molecule has 2 fully saturated rings. The molecule has 5 rings (SSSR count). The molecule has 40 heavy (non-hydrogen) atoms. The summed E-state index contributed by atoms with van der Waals surface area (Å²) in [5.41, 5.74) is 1.34. The van der Waals surface area contributed by atoms with Crippen LogP contribution in [0.2, 0.25) is 0 Å². The van der Waals surface area contributed by atoms with Crippen LogP contribution in [0.15, 0.2) is 71.3 Å². The van der Waals surface area contributed by atoms with Crippen molar-refractivity contribution < 1.29 is 32.6 Å². The quantitative estimate of drug-likeness (QED) is 0.338. The molecule has 0 radical (unpaired) electrons. The van der Waals surface area contributed by atoms with Gasteiger partial charge in [0.25, 0.3) is 0 Å². The summed E-state index contributed by atoms with van der Waals surface area (Å²) >= 11 is 0. The molecule has 2 aliphatic rings. The van der Waals surface area contributed by atoms with Crippen molar-refractivity contribution in [2.24, 2.45) is 5.92 Å². The van der Waals surface area contributed by atoms with Crippen molar-refractivity contribution in [1.29, 1.82) is 0 Å². The zero-order chi connectivity index (χ0) is 28.1. The van der Waals surface area contributed by atoms with Crippen molar-refractivity contribution in [3.05, 3.63) is 95.4 Å². The predicted molar refractivity (Wildman–Crippen MR) is 142 cm³/mol. The van der Waals surface area contributed by atoms with Gasteiger partial charge >= 0.3 is 0 Å². The highest BCUT2D eigenvalue weighted by molar-refractivity contribution is 5.89. The third-order valence-corrected chi connectivity index (χ3v) is 7.50. The van der Waals surface area contributed by atoms with Crippen molar-refractivity contribution in [3.8, 4) is 0 Å². The Bertz CT molecular complexity index is 1270. The molecule has 8 nitrogen and oxygen atoms in total. The highest BCUT2D eigenvalue weighted by Gasteiger charge is 2.39. The molecule has 5 atom stereocenters. The molecule has 0 aliphatic carbocycles. The summed E-state index contributed by atoms with van der Waals surface area (Å²) < 4.78 is 39.2. The van der Waals surface area contributed by atoms with Crippen LogP contribution in [-0.2, 0) is 33.9 Å². The lowest BCUT2D eigenvalue weighted by molar-refractivity contribution is -0.129. The van der Waals surface area contributed by atoms with Crippen molar-refractivity contribution in [2.75, 3.05) is 13.1 Å². The van der Waals surface area contributed by atoms with Gasteiger partial charge in [0.15, 0.2) is 0 Å². The lowest BCUT2D eigenvalue weighted by Gasteiger charge is -2.29. The fraction of sp³-hybridized carbons (Fsp3) is 0.400. The number of aliphatic hydroxyl groups excluding tert-OH is 1. The smallest absolute Gasteiger partial charge is 0.225 e. The Kier molecular flexibility index (Phi) is 8.88. The molecular formula is C30H33F2N3O5. The SMILES string of the molecule is O=C(N[C@@H](Cc1cc(F)cc(F)c1)[C@H](O)[C@H]1C[C@@H](OCc2ccccc2)CN1)[C@H]1CC(=O)N(Cc2ccco2)C1. The number of halogens is 2. The van der Waals surface area contributed by atoms with Crippen LogP contribution >= 0.6 is 0 Å². The number of carbonyl (C=O) groups excluding carboxylic acids is 2. The minimum atomic E-state index is -1.07. The third-order valence-electron chi connectivity index (χ3n) is 7.50. The second-order valence-corrected chi connectivity index (χ2v) is 10.5. The molecule has 0 bridgehead atoms. The van der Waals surface area contributed by atoms with Gasteiger partial charge in [-0.15, -0.1) is 0 Å². The van der Waals surface area contributed by atoms with Gasteiger partial charge in [0.2, 0.25) is 11.8 Å². The first-order valence-corrected chi connectivity index (χ1v) is 13.5. The van der Waals surface area contributed by atoms with Crippen LogP contribution in [0.4, 0.5) is 8.78 Å². The fourth-order valence-electron chi connectivity index (χ4n) is 5.42. The van der Waals surface area contributed by atoms with Crippen LogP contribution in [0.3, 0.4) is 0 Å². The molecule has 2 aromatic carbocycles. The maximum Gasteiger partial charge on any atom is 0.225 e. The first-order chi connectivity index (χ1) is 19.3. The molecule has 2 saturated heterocycles. The molecule has 0 spiro atoms. The number of aliphatic hydroxyl groups is 1. The number of nitrogens with zero attached hydrogens (tertiary/aromatic N) is 1. The van der Waals surface area contributed by atoms with Crippen molar-refractivity contribution in [1.82, 2.24) is 15.5 Å². The Balaban J connectivity index is 1.24. The Morgan fingerprint density at radius 3 is 2.62 bits per heavy atom. The van der Waals surface area contributed by atoms with E-state index in [0.29, 0.717) is 30.9 Å². The molecule has 3 aromatic rings. The number of ether oxygens (including phenoxy) is 1. The molecule has 2 amide bonds. The van der Waals surface area contributed by atoms with Gasteiger partial charge < -0.3 is 29.8 Å². The van der Waals surface area contributed by atoms with Gasteiger partial charge in [-0.3, -0.25) is 9.59 Å². The number of carbonyl (C=O) groups is 2. The van der Waals surface area contributed by atoms with Crippen LogP contribution in [0.1, 0.15) is 29.7 Å². The zero-order valence-corrected chi connectivity index (χ0v) is 22.0. The number of furan rings is 1. The fourth-order valence-corrected chi connectivity index (χ4v) is 5.42. The van der Waals surface area contributed by atoms with Crippen LogP contribution < -0.4 is 10.6 Å². The van der Waals surface area contributed by atoms with Crippen molar-refractivity contribution in [3.63, 3.8) is 0 Å². The molecule has 2 aliphatic heterocycles. The molecule has 0 unspecified atom stereocenters. The predicted octanol–water partition coefficient (Wildman–Crippen LogP) is 2.94. The molecule has 3 N–H and O–H groups in total. The zero-order valence-electron chi connectivity index (χ0n) is 22.0. The molecule has 212 valence electrons. The average Bonchev–Trinajstić information content (AvgIpc) is 3.69. The standard InChI is InChI=1S/C30H33F2N3O5/c31-22-9-20(10-23(32)13-22)11-27(29(37)26-14-25(15-33-26)40-18-19-5-2-1-3-6-19)34-30(38)21-12-28(36)35(16-21)17-24-7-4-8-39-24/h1-10,13,21,25-27,29,33,37H,11-12,14-18H2,(H,34,38)/t21-,25+,26+,27-,29+/m0/s1. The highest BCUT2D eigenvalue weighted by atomic mass is 19.1. The van der Waals surface area contributed by atoms with Crippen LogP contribution in [0.25, 0.3) is 0 Å². The maximum atomic E-state index is 13.9. The summed E-state index contributed by atoms with van der Waals surface area (Å²) in [6, 6.07) is 15.1. The van der Waals surface area contributed by atoms with E-state index in [-0.39, 0.29) is 37.9 Å². The molecule has 1 aromatic heterocycles. The minimum Gasteiger partial charge on any atom is -0.467 e. The molecule has 3 heterocycles. The van der Waals surface area contributed by atoms with E-state index < -0.39 is 41.6 Å². The number of hydrogen-bond acceptors (Lipinski definition) is 6. The first-order valence-electron chi connectivity index (χ1n) is 13.5. The van der Waals surface area contributed by atoms with Crippen LogP contribution in [-0.4, -0.2) is 59.2 Å². The summed E-state index contributed by atoms with van der Waals surface area (Å²) in [4.78, 5) is 27.4. The summed E-state index contributed by atoms with van der Waals surface area (Å²) in [5, 5.41) is 17.5. The van der Waals surface area contributed by atoms with E-state index >= 15 is 0 Å². The summed E-state index contributed by atoms with van der Waals surface area (Å²) in [7, 11) is 0. The minimum absolute atomic E-state index is 0.00603. The molecule has 10 heteroatoms. The normalized spacial score (nSPS) is 22.4. The van der Waals surface area contributed by atoms with E-state index in [9.17, 15) is 23.5 Å². The Morgan fingerprint density at radius 2 is 1.90 bits per heavy atom. The van der Waals surface area contributed by atoms with Gasteiger partial charge in [0, 0.05) is 31.6 Å². The van der Waals surface area contributed by atoms with Gasteiger partial charge in [-0.1, -0.05) is 30.3 Å².